The number of likely N-dealkylation sites (tertiary alicyclic amines) is 1. The van der Waals surface area contributed by atoms with Gasteiger partial charge in [0, 0.05) is 31.2 Å². The molecule has 7 nitrogen and oxygen atoms in total. The minimum absolute atomic E-state index is 0.236. The number of nitrogens with one attached hydrogen (secondary N) is 2. The molecule has 1 aromatic rings. The summed E-state index contributed by atoms with van der Waals surface area (Å²) in [5.74, 6) is 2.03. The molecule has 3 N–H and O–H groups in total. The highest BCUT2D eigenvalue weighted by Gasteiger charge is 2.20. The van der Waals surface area contributed by atoms with Crippen molar-refractivity contribution < 1.29 is 14.6 Å². The Labute approximate surface area is 175 Å². The van der Waals surface area contributed by atoms with Crippen molar-refractivity contribution in [3.63, 3.8) is 0 Å². The normalized spacial score (nSPS) is 18.9. The molecule has 2 unspecified atom stereocenters. The van der Waals surface area contributed by atoms with Crippen molar-refractivity contribution in [2.75, 3.05) is 46.9 Å². The van der Waals surface area contributed by atoms with Crippen LogP contribution in [0.25, 0.3) is 0 Å². The van der Waals surface area contributed by atoms with Crippen LogP contribution in [0, 0.1) is 0 Å². The van der Waals surface area contributed by atoms with Crippen LogP contribution in [0.3, 0.4) is 0 Å². The number of methoxy groups -OCH3 is 2. The zero-order chi connectivity index (χ0) is 21.1. The molecule has 2 atom stereocenters. The maximum absolute atomic E-state index is 10.7. The number of rotatable bonds is 10. The highest BCUT2D eigenvalue weighted by Crippen LogP contribution is 2.29. The minimum atomic E-state index is -0.776. The number of aliphatic hydroxyl groups is 1. The van der Waals surface area contributed by atoms with Gasteiger partial charge in [-0.1, -0.05) is 13.3 Å². The van der Waals surface area contributed by atoms with E-state index in [-0.39, 0.29) is 6.54 Å². The first-order valence-electron chi connectivity index (χ1n) is 10.8. The lowest BCUT2D eigenvalue weighted by atomic mass is 10.0. The standard InChI is InChI=1S/C22H38N4O3/c1-5-17-9-7-8-13-26(17)14-12-24-22(23-6-2)25-16-20(27)19-15-18(28-3)10-11-21(19)29-4/h10-11,15,17,20,27H,5-9,12-14,16H2,1-4H3,(H2,23,24,25). The van der Waals surface area contributed by atoms with Gasteiger partial charge < -0.3 is 25.2 Å². The first-order valence-corrected chi connectivity index (χ1v) is 10.8. The fourth-order valence-corrected chi connectivity index (χ4v) is 3.85. The van der Waals surface area contributed by atoms with E-state index < -0.39 is 6.10 Å². The summed E-state index contributed by atoms with van der Waals surface area (Å²) in [6.45, 7) is 8.34. The second kappa shape index (κ2) is 12.5. The van der Waals surface area contributed by atoms with Crippen LogP contribution in [0.2, 0.25) is 0 Å². The van der Waals surface area contributed by atoms with Crippen molar-refractivity contribution >= 4 is 5.96 Å². The number of aliphatic hydroxyl groups excluding tert-OH is 1. The van der Waals surface area contributed by atoms with Crippen molar-refractivity contribution in [3.05, 3.63) is 23.8 Å². The van der Waals surface area contributed by atoms with Crippen molar-refractivity contribution in [1.29, 1.82) is 0 Å². The molecule has 1 saturated heterocycles. The molecule has 0 aliphatic carbocycles. The van der Waals surface area contributed by atoms with Crippen LogP contribution in [0.4, 0.5) is 0 Å². The van der Waals surface area contributed by atoms with E-state index >= 15 is 0 Å². The first-order chi connectivity index (χ1) is 14.1. The third-order valence-corrected chi connectivity index (χ3v) is 5.47. The smallest absolute Gasteiger partial charge is 0.191 e. The van der Waals surface area contributed by atoms with E-state index in [1.54, 1.807) is 26.4 Å². The largest absolute Gasteiger partial charge is 0.497 e. The van der Waals surface area contributed by atoms with E-state index in [2.05, 4.69) is 27.4 Å². The number of ether oxygens (including phenoxy) is 2. The number of nitrogens with zero attached hydrogens (tertiary/aromatic N) is 2. The minimum Gasteiger partial charge on any atom is -0.497 e. The lowest BCUT2D eigenvalue weighted by molar-refractivity contribution is 0.147. The summed E-state index contributed by atoms with van der Waals surface area (Å²) in [5, 5.41) is 17.3. The van der Waals surface area contributed by atoms with E-state index in [0.29, 0.717) is 23.1 Å². The van der Waals surface area contributed by atoms with Crippen LogP contribution in [0.15, 0.2) is 23.2 Å². The van der Waals surface area contributed by atoms with Crippen molar-refractivity contribution in [2.45, 2.75) is 51.7 Å². The summed E-state index contributed by atoms with van der Waals surface area (Å²) >= 11 is 0. The number of benzene rings is 1. The summed E-state index contributed by atoms with van der Waals surface area (Å²) in [4.78, 5) is 7.15. The average molecular weight is 407 g/mol. The molecule has 164 valence electrons. The van der Waals surface area contributed by atoms with Gasteiger partial charge in [0.25, 0.3) is 0 Å². The second-order valence-corrected chi connectivity index (χ2v) is 7.36. The third-order valence-electron chi connectivity index (χ3n) is 5.47. The molecular formula is C22H38N4O3. The Kier molecular flexibility index (Phi) is 10.1. The van der Waals surface area contributed by atoms with Crippen LogP contribution in [-0.4, -0.2) is 69.0 Å². The van der Waals surface area contributed by atoms with Gasteiger partial charge in [-0.2, -0.15) is 0 Å². The van der Waals surface area contributed by atoms with Crippen molar-refractivity contribution in [1.82, 2.24) is 15.5 Å². The predicted octanol–water partition coefficient (Wildman–Crippen LogP) is 2.56. The van der Waals surface area contributed by atoms with Crippen LogP contribution >= 0.6 is 0 Å². The van der Waals surface area contributed by atoms with Gasteiger partial charge in [-0.25, -0.2) is 0 Å². The fraction of sp³-hybridized carbons (Fsp3) is 0.682. The summed E-state index contributed by atoms with van der Waals surface area (Å²) in [5.41, 5.74) is 0.672. The summed E-state index contributed by atoms with van der Waals surface area (Å²) < 4.78 is 10.6. The average Bonchev–Trinajstić information content (AvgIpc) is 2.77. The van der Waals surface area contributed by atoms with Crippen molar-refractivity contribution in [3.8, 4) is 11.5 Å². The van der Waals surface area contributed by atoms with Gasteiger partial charge in [0.05, 0.1) is 20.8 Å². The predicted molar refractivity (Wildman–Crippen MR) is 118 cm³/mol. The quantitative estimate of drug-likeness (QED) is 0.409. The number of piperidine rings is 1. The molecule has 0 saturated carbocycles. The first kappa shape index (κ1) is 23.3. The fourth-order valence-electron chi connectivity index (χ4n) is 3.85. The monoisotopic (exact) mass is 406 g/mol. The molecule has 29 heavy (non-hydrogen) atoms. The van der Waals surface area contributed by atoms with Crippen LogP contribution < -0.4 is 20.1 Å². The summed E-state index contributed by atoms with van der Waals surface area (Å²) in [6, 6.07) is 6.11. The van der Waals surface area contributed by atoms with E-state index in [1.807, 2.05) is 13.0 Å². The Morgan fingerprint density at radius 3 is 2.76 bits per heavy atom. The van der Waals surface area contributed by atoms with Gasteiger partial charge in [0.15, 0.2) is 5.96 Å². The summed E-state index contributed by atoms with van der Waals surface area (Å²) in [6.07, 6.45) is 4.38. The highest BCUT2D eigenvalue weighted by atomic mass is 16.5. The summed E-state index contributed by atoms with van der Waals surface area (Å²) in [7, 11) is 3.20. The second-order valence-electron chi connectivity index (χ2n) is 7.36. The number of guanidine groups is 1. The van der Waals surface area contributed by atoms with E-state index in [4.69, 9.17) is 9.47 Å². The van der Waals surface area contributed by atoms with E-state index in [1.165, 1.54) is 32.2 Å². The maximum atomic E-state index is 10.7. The molecule has 1 heterocycles. The van der Waals surface area contributed by atoms with Crippen LogP contribution in [-0.2, 0) is 0 Å². The zero-order valence-electron chi connectivity index (χ0n) is 18.4. The molecular weight excluding hydrogens is 368 g/mol. The molecule has 1 aliphatic rings. The Bertz CT molecular complexity index is 638. The SMILES string of the molecule is CCNC(=NCC(O)c1cc(OC)ccc1OC)NCCN1CCCCC1CC. The molecule has 1 aliphatic heterocycles. The lowest BCUT2D eigenvalue weighted by Gasteiger charge is -2.35. The third kappa shape index (κ3) is 7.08. The Morgan fingerprint density at radius 1 is 1.24 bits per heavy atom. The van der Waals surface area contributed by atoms with Gasteiger partial charge in [0.2, 0.25) is 0 Å². The molecule has 2 rings (SSSR count). The van der Waals surface area contributed by atoms with Crippen LogP contribution in [0.5, 0.6) is 11.5 Å². The molecule has 0 bridgehead atoms. The number of hydrogen-bond donors (Lipinski definition) is 3. The molecule has 1 fully saturated rings. The van der Waals surface area contributed by atoms with Gasteiger partial charge in [-0.15, -0.1) is 0 Å². The molecule has 0 aromatic heterocycles. The van der Waals surface area contributed by atoms with Gasteiger partial charge in [-0.05, 0) is 50.9 Å². The molecule has 7 heteroatoms. The lowest BCUT2D eigenvalue weighted by Crippen LogP contribution is -2.46. The molecule has 0 amide bonds. The molecule has 1 aromatic carbocycles. The highest BCUT2D eigenvalue weighted by molar-refractivity contribution is 5.79. The Morgan fingerprint density at radius 2 is 2.07 bits per heavy atom. The van der Waals surface area contributed by atoms with Crippen LogP contribution in [0.1, 0.15) is 51.2 Å². The van der Waals surface area contributed by atoms with E-state index in [9.17, 15) is 5.11 Å². The van der Waals surface area contributed by atoms with Gasteiger partial charge in [0.1, 0.15) is 17.6 Å². The van der Waals surface area contributed by atoms with Gasteiger partial charge in [-0.3, -0.25) is 9.89 Å². The van der Waals surface area contributed by atoms with Gasteiger partial charge >= 0.3 is 0 Å². The zero-order valence-corrected chi connectivity index (χ0v) is 18.4. The maximum Gasteiger partial charge on any atom is 0.191 e. The Hall–Kier alpha value is -1.99. The molecule has 0 radical (unpaired) electrons. The Balaban J connectivity index is 1.94. The van der Waals surface area contributed by atoms with Crippen molar-refractivity contribution in [2.24, 2.45) is 4.99 Å². The molecule has 0 spiro atoms. The number of hydrogen-bond acceptors (Lipinski definition) is 5. The van der Waals surface area contributed by atoms with E-state index in [0.717, 1.165) is 25.6 Å². The number of aliphatic imine (C=N–C) groups is 1. The topological polar surface area (TPSA) is 78.4 Å².